The lowest BCUT2D eigenvalue weighted by Crippen LogP contribution is -2.00. The zero-order valence-electron chi connectivity index (χ0n) is 27.6. The van der Waals surface area contributed by atoms with Crippen LogP contribution in [-0.4, -0.2) is 9.13 Å². The van der Waals surface area contributed by atoms with Gasteiger partial charge in [-0.2, -0.15) is 0 Å². The first-order chi connectivity index (χ1) is 25.3. The zero-order chi connectivity index (χ0) is 33.5. The highest BCUT2D eigenvalue weighted by Gasteiger charge is 2.18. The molecule has 3 nitrogen and oxygen atoms in total. The number of rotatable bonds is 4. The minimum atomic E-state index is 0.913. The van der Waals surface area contributed by atoms with E-state index in [-0.39, 0.29) is 0 Å². The molecule has 11 aromatic rings. The van der Waals surface area contributed by atoms with Gasteiger partial charge in [0.25, 0.3) is 0 Å². The zero-order valence-corrected chi connectivity index (χ0v) is 27.6. The number of hydrogen-bond acceptors (Lipinski definition) is 1. The highest BCUT2D eigenvalue weighted by atomic mass is 16.3. The van der Waals surface area contributed by atoms with Gasteiger partial charge < -0.3 is 13.6 Å². The van der Waals surface area contributed by atoms with Crippen molar-refractivity contribution in [1.29, 1.82) is 0 Å². The van der Waals surface area contributed by atoms with Gasteiger partial charge in [0.15, 0.2) is 0 Å². The summed E-state index contributed by atoms with van der Waals surface area (Å²) in [7, 11) is 0. The molecule has 0 spiro atoms. The van der Waals surface area contributed by atoms with Crippen LogP contribution in [0.15, 0.2) is 186 Å². The molecule has 11 rings (SSSR count). The summed E-state index contributed by atoms with van der Waals surface area (Å²) in [6, 6.07) is 65.6. The SMILES string of the molecule is c1ccc2c(c1)oc1c(-c3ccc(-c4cc(-n5c6ccccc6c6ccccc65)cc(-n5c6ccccc6c6ccccc65)c4)cc3)cccc12. The Balaban J connectivity index is 1.15. The Morgan fingerprint density at radius 2 is 0.745 bits per heavy atom. The smallest absolute Gasteiger partial charge is 0.143 e. The standard InChI is InChI=1S/C48H30N2O/c1-6-19-43-37(12-1)38-13-2-7-20-44(38)49(43)34-28-33(29-35(30-34)50-45-21-8-3-14-39(45)40-15-4-9-22-46(40)50)31-24-26-32(27-25-31)36-17-11-18-42-41-16-5-10-23-47(41)51-48(36)42/h1-30H. The molecule has 3 heterocycles. The number of para-hydroxylation sites is 6. The molecular formula is C48H30N2O. The second-order valence-corrected chi connectivity index (χ2v) is 13.3. The molecule has 3 heteroatoms. The van der Waals surface area contributed by atoms with Gasteiger partial charge >= 0.3 is 0 Å². The van der Waals surface area contributed by atoms with Crippen LogP contribution in [0.3, 0.4) is 0 Å². The van der Waals surface area contributed by atoms with E-state index in [4.69, 9.17) is 4.42 Å². The van der Waals surface area contributed by atoms with E-state index in [0.29, 0.717) is 0 Å². The van der Waals surface area contributed by atoms with Crippen molar-refractivity contribution >= 4 is 65.6 Å². The molecule has 0 aliphatic carbocycles. The van der Waals surface area contributed by atoms with Crippen LogP contribution in [0.25, 0.3) is 99.2 Å². The highest BCUT2D eigenvalue weighted by molar-refractivity contribution is 6.11. The van der Waals surface area contributed by atoms with Crippen molar-refractivity contribution in [2.45, 2.75) is 0 Å². The van der Waals surface area contributed by atoms with Crippen LogP contribution in [0.2, 0.25) is 0 Å². The fourth-order valence-electron chi connectivity index (χ4n) is 8.24. The third kappa shape index (κ3) is 4.19. The summed E-state index contributed by atoms with van der Waals surface area (Å²) in [5.41, 5.74) is 13.4. The second kappa shape index (κ2) is 10.8. The maximum atomic E-state index is 6.40. The molecule has 0 atom stereocenters. The number of furan rings is 1. The predicted molar refractivity (Wildman–Crippen MR) is 213 cm³/mol. The number of benzene rings is 8. The van der Waals surface area contributed by atoms with Crippen LogP contribution in [0, 0.1) is 0 Å². The van der Waals surface area contributed by atoms with E-state index < -0.39 is 0 Å². The summed E-state index contributed by atoms with van der Waals surface area (Å²) in [4.78, 5) is 0. The maximum Gasteiger partial charge on any atom is 0.143 e. The molecule has 8 aromatic carbocycles. The summed E-state index contributed by atoms with van der Waals surface area (Å²) in [5.74, 6) is 0. The van der Waals surface area contributed by atoms with Crippen LogP contribution >= 0.6 is 0 Å². The van der Waals surface area contributed by atoms with Gasteiger partial charge in [-0.1, -0.05) is 133 Å². The molecule has 0 radical (unpaired) electrons. The first kappa shape index (κ1) is 28.0. The maximum absolute atomic E-state index is 6.40. The second-order valence-electron chi connectivity index (χ2n) is 13.3. The summed E-state index contributed by atoms with van der Waals surface area (Å²) in [5, 5.41) is 7.29. The first-order valence-corrected chi connectivity index (χ1v) is 17.4. The first-order valence-electron chi connectivity index (χ1n) is 17.4. The van der Waals surface area contributed by atoms with E-state index >= 15 is 0 Å². The number of hydrogen-bond donors (Lipinski definition) is 0. The number of fused-ring (bicyclic) bond motifs is 9. The van der Waals surface area contributed by atoms with Gasteiger partial charge in [-0.05, 0) is 65.2 Å². The molecule has 0 bridgehead atoms. The fourth-order valence-corrected chi connectivity index (χ4v) is 8.24. The van der Waals surface area contributed by atoms with Crippen molar-refractivity contribution in [3.63, 3.8) is 0 Å². The van der Waals surface area contributed by atoms with Crippen LogP contribution in [-0.2, 0) is 0 Å². The summed E-state index contributed by atoms with van der Waals surface area (Å²) >= 11 is 0. The van der Waals surface area contributed by atoms with Crippen LogP contribution in [0.5, 0.6) is 0 Å². The van der Waals surface area contributed by atoms with E-state index in [2.05, 4.69) is 179 Å². The molecular weight excluding hydrogens is 621 g/mol. The van der Waals surface area contributed by atoms with Crippen molar-refractivity contribution in [2.24, 2.45) is 0 Å². The molecule has 0 saturated carbocycles. The van der Waals surface area contributed by atoms with Crippen LogP contribution in [0.1, 0.15) is 0 Å². The molecule has 0 saturated heterocycles. The average molecular weight is 651 g/mol. The molecule has 51 heavy (non-hydrogen) atoms. The van der Waals surface area contributed by atoms with Crippen LogP contribution in [0.4, 0.5) is 0 Å². The van der Waals surface area contributed by atoms with Crippen molar-refractivity contribution in [3.8, 4) is 33.6 Å². The summed E-state index contributed by atoms with van der Waals surface area (Å²) < 4.78 is 11.2. The minimum Gasteiger partial charge on any atom is -0.455 e. The third-order valence-electron chi connectivity index (χ3n) is 10.5. The largest absolute Gasteiger partial charge is 0.455 e. The monoisotopic (exact) mass is 650 g/mol. The molecule has 0 N–H and O–H groups in total. The molecule has 0 aliphatic heterocycles. The van der Waals surface area contributed by atoms with E-state index in [1.54, 1.807) is 0 Å². The van der Waals surface area contributed by atoms with Gasteiger partial charge in [0.2, 0.25) is 0 Å². The number of aromatic nitrogens is 2. The minimum absolute atomic E-state index is 0.913. The van der Waals surface area contributed by atoms with Gasteiger partial charge in [-0.25, -0.2) is 0 Å². The Morgan fingerprint density at radius 3 is 1.27 bits per heavy atom. The van der Waals surface area contributed by atoms with Crippen molar-refractivity contribution < 1.29 is 4.42 Å². The molecule has 0 aliphatic rings. The normalized spacial score (nSPS) is 11.9. The molecule has 3 aromatic heterocycles. The Hall–Kier alpha value is -6.84. The van der Waals surface area contributed by atoms with Gasteiger partial charge in [0.05, 0.1) is 22.1 Å². The third-order valence-corrected chi connectivity index (χ3v) is 10.5. The van der Waals surface area contributed by atoms with Crippen LogP contribution < -0.4 is 0 Å². The quantitative estimate of drug-likeness (QED) is 0.186. The van der Waals surface area contributed by atoms with Gasteiger partial charge in [0, 0.05) is 49.3 Å². The molecule has 238 valence electrons. The Kier molecular flexibility index (Phi) is 5.96. The van der Waals surface area contributed by atoms with Crippen molar-refractivity contribution in [1.82, 2.24) is 9.13 Å². The van der Waals surface area contributed by atoms with Gasteiger partial charge in [-0.3, -0.25) is 0 Å². The van der Waals surface area contributed by atoms with Gasteiger partial charge in [0.1, 0.15) is 11.2 Å². The van der Waals surface area contributed by atoms with Gasteiger partial charge in [-0.15, -0.1) is 0 Å². The Morgan fingerprint density at radius 1 is 0.314 bits per heavy atom. The lowest BCUT2D eigenvalue weighted by molar-refractivity contribution is 0.670. The van der Waals surface area contributed by atoms with E-state index in [0.717, 1.165) is 55.6 Å². The lowest BCUT2D eigenvalue weighted by atomic mass is 9.98. The highest BCUT2D eigenvalue weighted by Crippen LogP contribution is 2.39. The lowest BCUT2D eigenvalue weighted by Gasteiger charge is -2.16. The predicted octanol–water partition coefficient (Wildman–Crippen LogP) is 13.1. The summed E-state index contributed by atoms with van der Waals surface area (Å²) in [6.45, 7) is 0. The molecule has 0 amide bonds. The van der Waals surface area contributed by atoms with Crippen molar-refractivity contribution in [2.75, 3.05) is 0 Å². The Labute approximate surface area is 293 Å². The molecule has 0 unspecified atom stereocenters. The van der Waals surface area contributed by atoms with E-state index in [1.165, 1.54) is 43.6 Å². The van der Waals surface area contributed by atoms with Crippen molar-refractivity contribution in [3.05, 3.63) is 182 Å². The Bertz CT molecular complexity index is 2900. The number of nitrogens with zero attached hydrogens (tertiary/aromatic N) is 2. The van der Waals surface area contributed by atoms with E-state index in [9.17, 15) is 0 Å². The average Bonchev–Trinajstić information content (AvgIpc) is 3.86. The topological polar surface area (TPSA) is 23.0 Å². The fraction of sp³-hybridized carbons (Fsp3) is 0. The summed E-state index contributed by atoms with van der Waals surface area (Å²) in [6.07, 6.45) is 0. The van der Waals surface area contributed by atoms with E-state index in [1.807, 2.05) is 12.1 Å². The molecule has 0 fully saturated rings.